The monoisotopic (exact) mass is 568 g/mol. The second-order valence-electron chi connectivity index (χ2n) is 8.32. The zero-order valence-electron chi connectivity index (χ0n) is 20.4. The van der Waals surface area contributed by atoms with Crippen LogP contribution in [-0.4, -0.2) is 15.4 Å². The highest BCUT2D eigenvalue weighted by Gasteiger charge is 2.18. The molecule has 3 aromatic carbocycles. The molecule has 0 aliphatic rings. The number of hydrogen-bond acceptors (Lipinski definition) is 7. The van der Waals surface area contributed by atoms with Crippen LogP contribution in [0, 0.1) is 21.4 Å². The molecule has 0 fully saturated rings. The Labute approximate surface area is 235 Å². The second kappa shape index (κ2) is 11.2. The third-order valence-corrected chi connectivity index (χ3v) is 7.20. The van der Waals surface area contributed by atoms with Crippen LogP contribution in [0.2, 0.25) is 5.02 Å². The molecule has 1 amide bonds. The first-order valence-corrected chi connectivity index (χ1v) is 12.9. The molecular weight excluding hydrogens is 552 g/mol. The molecule has 0 spiro atoms. The number of nitrogens with zero attached hydrogens (tertiary/aromatic N) is 3. The van der Waals surface area contributed by atoms with Gasteiger partial charge in [0.05, 0.1) is 25.9 Å². The molecule has 0 saturated heterocycles. The Morgan fingerprint density at radius 1 is 1.02 bits per heavy atom. The molecule has 5 rings (SSSR count). The van der Waals surface area contributed by atoms with E-state index >= 15 is 0 Å². The molecule has 0 unspecified atom stereocenters. The molecule has 11 heteroatoms. The number of furan rings is 1. The molecule has 0 atom stereocenters. The lowest BCUT2D eigenvalue weighted by Gasteiger charge is -2.07. The lowest BCUT2D eigenvalue weighted by atomic mass is 10.1. The van der Waals surface area contributed by atoms with Gasteiger partial charge >= 0.3 is 0 Å². The summed E-state index contributed by atoms with van der Waals surface area (Å²) in [6.07, 6.45) is 1.52. The van der Waals surface area contributed by atoms with Crippen LogP contribution >= 0.6 is 22.9 Å². The maximum atomic E-state index is 13.6. The lowest BCUT2D eigenvalue weighted by Crippen LogP contribution is -2.32. The van der Waals surface area contributed by atoms with E-state index in [2.05, 4.69) is 5.32 Å². The van der Waals surface area contributed by atoms with Gasteiger partial charge in [0, 0.05) is 23.8 Å². The van der Waals surface area contributed by atoms with Crippen LogP contribution < -0.4 is 20.1 Å². The van der Waals surface area contributed by atoms with Gasteiger partial charge in [0.2, 0.25) is 0 Å². The summed E-state index contributed by atoms with van der Waals surface area (Å²) in [5, 5.41) is 23.9. The van der Waals surface area contributed by atoms with Gasteiger partial charge in [-0.05, 0) is 48.5 Å². The maximum Gasteiger partial charge on any atom is 0.273 e. The molecule has 0 aliphatic heterocycles. The molecule has 0 saturated carbocycles. The van der Waals surface area contributed by atoms with E-state index in [-0.39, 0.29) is 20.5 Å². The highest BCUT2D eigenvalue weighted by Crippen LogP contribution is 2.25. The van der Waals surface area contributed by atoms with E-state index in [4.69, 9.17) is 16.0 Å². The predicted octanol–water partition coefficient (Wildman–Crippen LogP) is 4.86. The summed E-state index contributed by atoms with van der Waals surface area (Å²) >= 11 is 7.14. The number of non-ortho nitro benzene ring substituents is 1. The number of nitrogens with one attached hydrogen (secondary N) is 1. The molecular formula is C29H17ClN4O5S. The number of carbonyl (C=O) groups excluding carboxylic acids is 1. The number of nitriles is 1. The lowest BCUT2D eigenvalue weighted by molar-refractivity contribution is -0.384. The minimum Gasteiger partial charge on any atom is -0.457 e. The molecule has 2 aromatic heterocycles. The summed E-state index contributed by atoms with van der Waals surface area (Å²) in [5.41, 5.74) is 0.665. The highest BCUT2D eigenvalue weighted by atomic mass is 35.5. The van der Waals surface area contributed by atoms with Crippen molar-refractivity contribution < 1.29 is 14.1 Å². The van der Waals surface area contributed by atoms with E-state index in [0.29, 0.717) is 33.5 Å². The van der Waals surface area contributed by atoms with Gasteiger partial charge in [0.25, 0.3) is 17.2 Å². The van der Waals surface area contributed by atoms with Crippen molar-refractivity contribution in [2.75, 3.05) is 5.32 Å². The van der Waals surface area contributed by atoms with Crippen LogP contribution in [0.4, 0.5) is 11.4 Å². The highest BCUT2D eigenvalue weighted by molar-refractivity contribution is 7.07. The second-order valence-corrected chi connectivity index (χ2v) is 9.76. The van der Waals surface area contributed by atoms with Gasteiger partial charge < -0.3 is 9.73 Å². The van der Waals surface area contributed by atoms with Crippen LogP contribution in [-0.2, 0) is 4.79 Å². The summed E-state index contributed by atoms with van der Waals surface area (Å²) in [4.78, 5) is 37.2. The number of nitro groups is 1. The van der Waals surface area contributed by atoms with Crippen LogP contribution in [0.1, 0.15) is 5.76 Å². The first-order valence-electron chi connectivity index (χ1n) is 11.7. The van der Waals surface area contributed by atoms with Gasteiger partial charge in [-0.1, -0.05) is 41.9 Å². The fourth-order valence-corrected chi connectivity index (χ4v) is 5.13. The summed E-state index contributed by atoms with van der Waals surface area (Å²) < 4.78 is 7.54. The average Bonchev–Trinajstić information content (AvgIpc) is 3.55. The van der Waals surface area contributed by atoms with Crippen LogP contribution in [0.15, 0.2) is 100 Å². The third-order valence-electron chi connectivity index (χ3n) is 5.78. The molecule has 2 heterocycles. The van der Waals surface area contributed by atoms with Crippen molar-refractivity contribution in [1.29, 1.82) is 5.26 Å². The number of nitro benzene ring substituents is 1. The molecule has 196 valence electrons. The average molecular weight is 569 g/mol. The first-order chi connectivity index (χ1) is 19.4. The number of halogens is 1. The summed E-state index contributed by atoms with van der Waals surface area (Å²) in [6.45, 7) is 0. The third kappa shape index (κ3) is 5.33. The Bertz CT molecular complexity index is 1970. The van der Waals surface area contributed by atoms with Crippen LogP contribution in [0.25, 0.3) is 28.7 Å². The van der Waals surface area contributed by atoms with E-state index < -0.39 is 16.4 Å². The molecule has 40 heavy (non-hydrogen) atoms. The molecule has 0 radical (unpaired) electrons. The Morgan fingerprint density at radius 2 is 1.73 bits per heavy atom. The Balaban J connectivity index is 1.63. The van der Waals surface area contributed by atoms with E-state index in [1.807, 2.05) is 6.07 Å². The number of rotatable bonds is 6. The number of anilines is 1. The molecule has 1 N–H and O–H groups in total. The summed E-state index contributed by atoms with van der Waals surface area (Å²) in [7, 11) is 0. The zero-order chi connectivity index (χ0) is 28.2. The van der Waals surface area contributed by atoms with Crippen molar-refractivity contribution in [2.45, 2.75) is 0 Å². The van der Waals surface area contributed by atoms with Crippen LogP contribution in [0.3, 0.4) is 0 Å². The van der Waals surface area contributed by atoms with E-state index in [9.17, 15) is 25.0 Å². The summed E-state index contributed by atoms with van der Waals surface area (Å²) in [6, 6.07) is 26.4. The van der Waals surface area contributed by atoms with E-state index in [1.54, 1.807) is 78.9 Å². The zero-order valence-corrected chi connectivity index (χ0v) is 22.0. The van der Waals surface area contributed by atoms with E-state index in [0.717, 1.165) is 11.3 Å². The van der Waals surface area contributed by atoms with E-state index in [1.165, 1.54) is 22.8 Å². The SMILES string of the molecule is N#C/C(C(=O)Nc1ccccc1Cl)=c1/s/c(=C/c2ccc(-c3ccc([N+](=O)[O-])cc3)o2)c(=O)n1-c1ccccc1. The number of amides is 1. The van der Waals surface area contributed by atoms with Crippen molar-refractivity contribution in [2.24, 2.45) is 0 Å². The molecule has 0 aliphatic carbocycles. The number of benzene rings is 3. The number of para-hydroxylation sites is 2. The maximum absolute atomic E-state index is 13.6. The summed E-state index contributed by atoms with van der Waals surface area (Å²) in [5.74, 6) is 0.0775. The standard InChI is InChI=1S/C29H17ClN4O5S/c30-23-8-4-5-9-24(23)32-27(35)22(17-31)29-33(19-6-2-1-3-7-19)28(36)26(40-29)16-21-14-15-25(39-21)18-10-12-20(13-11-18)34(37)38/h1-16H,(H,32,35)/b26-16+,29-22-. The van der Waals surface area contributed by atoms with Crippen LogP contribution in [0.5, 0.6) is 0 Å². The Morgan fingerprint density at radius 3 is 2.40 bits per heavy atom. The van der Waals surface area contributed by atoms with Gasteiger partial charge in [0.15, 0.2) is 5.57 Å². The normalized spacial score (nSPS) is 12.1. The Hall–Kier alpha value is -5.24. The quantitative estimate of drug-likeness (QED) is 0.230. The van der Waals surface area contributed by atoms with Crippen molar-refractivity contribution in [3.63, 3.8) is 0 Å². The number of carbonyl (C=O) groups is 1. The van der Waals surface area contributed by atoms with Gasteiger partial charge in [-0.25, -0.2) is 0 Å². The fourth-order valence-electron chi connectivity index (χ4n) is 3.87. The van der Waals surface area contributed by atoms with Gasteiger partial charge in [-0.15, -0.1) is 11.3 Å². The smallest absolute Gasteiger partial charge is 0.273 e. The van der Waals surface area contributed by atoms with Crippen molar-refractivity contribution in [3.05, 3.63) is 131 Å². The minimum atomic E-state index is -0.716. The predicted molar refractivity (Wildman–Crippen MR) is 153 cm³/mol. The number of thiazole rings is 1. The largest absolute Gasteiger partial charge is 0.457 e. The van der Waals surface area contributed by atoms with Crippen molar-refractivity contribution >= 4 is 51.9 Å². The first kappa shape index (κ1) is 26.4. The van der Waals surface area contributed by atoms with Crippen molar-refractivity contribution in [3.8, 4) is 23.1 Å². The molecule has 0 bridgehead atoms. The fraction of sp³-hybridized carbons (Fsp3) is 0. The number of aromatic nitrogens is 1. The number of hydrogen-bond donors (Lipinski definition) is 1. The molecule has 9 nitrogen and oxygen atoms in total. The minimum absolute atomic E-state index is 0.0437. The van der Waals surface area contributed by atoms with Gasteiger partial charge in [-0.2, -0.15) is 5.26 Å². The molecule has 5 aromatic rings. The Kier molecular flexibility index (Phi) is 7.41. The topological polar surface area (TPSA) is 131 Å². The van der Waals surface area contributed by atoms with Gasteiger partial charge in [0.1, 0.15) is 22.3 Å². The van der Waals surface area contributed by atoms with Crippen molar-refractivity contribution in [1.82, 2.24) is 4.57 Å². The van der Waals surface area contributed by atoms with Gasteiger partial charge in [-0.3, -0.25) is 24.3 Å².